The van der Waals surface area contributed by atoms with Crippen molar-refractivity contribution >= 4 is 0 Å². The normalized spacial score (nSPS) is 11.9. The molecule has 13 heavy (non-hydrogen) atoms. The highest BCUT2D eigenvalue weighted by atomic mass is 15.1. The number of imidazole rings is 1. The molecule has 1 aromatic rings. The number of hydrogen-bond donors (Lipinski definition) is 1. The van der Waals surface area contributed by atoms with Crippen LogP contribution in [0.3, 0.4) is 0 Å². The van der Waals surface area contributed by atoms with E-state index in [1.165, 1.54) is 0 Å². The minimum Gasteiger partial charge on any atom is -0.332 e. The lowest BCUT2D eigenvalue weighted by atomic mass is 10.2. The molecular weight excluding hydrogens is 162 g/mol. The molecule has 0 amide bonds. The molecule has 2 N–H and O–H groups in total. The Labute approximate surface area is 79.0 Å². The van der Waals surface area contributed by atoms with Gasteiger partial charge in [-0.2, -0.15) is 0 Å². The molecule has 0 saturated carbocycles. The van der Waals surface area contributed by atoms with Gasteiger partial charge in [0.1, 0.15) is 0 Å². The van der Waals surface area contributed by atoms with E-state index in [0.717, 1.165) is 18.7 Å². The second-order valence-electron chi connectivity index (χ2n) is 2.98. The molecule has 0 radical (unpaired) electrons. The van der Waals surface area contributed by atoms with Crippen LogP contribution in [0.2, 0.25) is 0 Å². The molecule has 0 fully saturated rings. The van der Waals surface area contributed by atoms with Gasteiger partial charge in [-0.1, -0.05) is 0 Å². The van der Waals surface area contributed by atoms with Crippen LogP contribution in [0.5, 0.6) is 0 Å². The van der Waals surface area contributed by atoms with E-state index in [-0.39, 0.29) is 6.04 Å². The second-order valence-corrected chi connectivity index (χ2v) is 2.98. The molecule has 1 rings (SSSR count). The van der Waals surface area contributed by atoms with Crippen molar-refractivity contribution in [3.63, 3.8) is 0 Å². The Balaban J connectivity index is 2.63. The second kappa shape index (κ2) is 4.68. The number of hydrogen-bond acceptors (Lipinski definition) is 2. The lowest BCUT2D eigenvalue weighted by Gasteiger charge is -2.08. The van der Waals surface area contributed by atoms with Gasteiger partial charge in [0, 0.05) is 25.2 Å². The Morgan fingerprint density at radius 1 is 1.69 bits per heavy atom. The number of rotatable bonds is 3. The van der Waals surface area contributed by atoms with Crippen LogP contribution in [0.4, 0.5) is 0 Å². The third-order valence-corrected chi connectivity index (χ3v) is 1.87. The average Bonchev–Trinajstić information content (AvgIpc) is 2.53. The van der Waals surface area contributed by atoms with Crippen LogP contribution in [-0.2, 0) is 6.54 Å². The molecular formula is C10H15N3. The van der Waals surface area contributed by atoms with Gasteiger partial charge in [-0.15, -0.1) is 11.8 Å². The molecule has 0 spiro atoms. The van der Waals surface area contributed by atoms with E-state index in [9.17, 15) is 0 Å². The van der Waals surface area contributed by atoms with E-state index < -0.39 is 0 Å². The SMILES string of the molecule is CC#CCCn1cncc1[C@@H](C)N. The fourth-order valence-corrected chi connectivity index (χ4v) is 1.20. The summed E-state index contributed by atoms with van der Waals surface area (Å²) < 4.78 is 2.05. The summed E-state index contributed by atoms with van der Waals surface area (Å²) in [6.45, 7) is 4.68. The maximum atomic E-state index is 5.77. The fourth-order valence-electron chi connectivity index (χ4n) is 1.20. The summed E-state index contributed by atoms with van der Waals surface area (Å²) in [5.74, 6) is 5.88. The van der Waals surface area contributed by atoms with Crippen molar-refractivity contribution in [3.05, 3.63) is 18.2 Å². The zero-order valence-corrected chi connectivity index (χ0v) is 8.12. The number of aromatic nitrogens is 2. The summed E-state index contributed by atoms with van der Waals surface area (Å²) in [6, 6.07) is 0.0390. The monoisotopic (exact) mass is 177 g/mol. The number of nitrogens with zero attached hydrogens (tertiary/aromatic N) is 2. The van der Waals surface area contributed by atoms with Crippen LogP contribution in [0, 0.1) is 11.8 Å². The largest absolute Gasteiger partial charge is 0.332 e. The highest BCUT2D eigenvalue weighted by Crippen LogP contribution is 2.08. The van der Waals surface area contributed by atoms with Gasteiger partial charge in [0.25, 0.3) is 0 Å². The molecule has 3 nitrogen and oxygen atoms in total. The first kappa shape index (κ1) is 9.82. The van der Waals surface area contributed by atoms with Crippen molar-refractivity contribution in [2.45, 2.75) is 32.9 Å². The van der Waals surface area contributed by atoms with Gasteiger partial charge in [0.05, 0.1) is 12.0 Å². The van der Waals surface area contributed by atoms with E-state index >= 15 is 0 Å². The summed E-state index contributed by atoms with van der Waals surface area (Å²) >= 11 is 0. The van der Waals surface area contributed by atoms with E-state index in [0.29, 0.717) is 0 Å². The Hall–Kier alpha value is -1.27. The highest BCUT2D eigenvalue weighted by molar-refractivity contribution is 5.04. The Bertz CT molecular complexity index is 314. The standard InChI is InChI=1S/C10H15N3/c1-3-4-5-6-13-8-12-7-10(13)9(2)11/h7-9H,5-6,11H2,1-2H3/t9-/m1/s1. The summed E-state index contributed by atoms with van der Waals surface area (Å²) in [6.07, 6.45) is 4.46. The maximum Gasteiger partial charge on any atom is 0.0948 e. The molecule has 0 aliphatic heterocycles. The lowest BCUT2D eigenvalue weighted by molar-refractivity contribution is 0.636. The molecule has 0 aliphatic rings. The van der Waals surface area contributed by atoms with Crippen LogP contribution in [0.1, 0.15) is 32.0 Å². The summed E-state index contributed by atoms with van der Waals surface area (Å²) in [7, 11) is 0. The summed E-state index contributed by atoms with van der Waals surface area (Å²) in [5, 5.41) is 0. The number of aryl methyl sites for hydroxylation is 1. The predicted octanol–water partition coefficient (Wildman–Crippen LogP) is 1.32. The molecule has 0 aromatic carbocycles. The molecule has 0 saturated heterocycles. The van der Waals surface area contributed by atoms with Crippen LogP contribution in [0.25, 0.3) is 0 Å². The van der Waals surface area contributed by atoms with Crippen molar-refractivity contribution < 1.29 is 0 Å². The van der Waals surface area contributed by atoms with Crippen molar-refractivity contribution in [1.82, 2.24) is 9.55 Å². The van der Waals surface area contributed by atoms with Crippen LogP contribution < -0.4 is 5.73 Å². The lowest BCUT2D eigenvalue weighted by Crippen LogP contribution is -2.11. The van der Waals surface area contributed by atoms with E-state index in [4.69, 9.17) is 5.73 Å². The molecule has 0 bridgehead atoms. The summed E-state index contributed by atoms with van der Waals surface area (Å²) in [5.41, 5.74) is 6.83. The maximum absolute atomic E-state index is 5.77. The molecule has 1 heterocycles. The first-order valence-electron chi connectivity index (χ1n) is 4.41. The van der Waals surface area contributed by atoms with Gasteiger partial charge >= 0.3 is 0 Å². The molecule has 0 unspecified atom stereocenters. The minimum absolute atomic E-state index is 0.0390. The van der Waals surface area contributed by atoms with Gasteiger partial charge in [0.2, 0.25) is 0 Å². The van der Waals surface area contributed by atoms with Crippen LogP contribution in [0.15, 0.2) is 12.5 Å². The van der Waals surface area contributed by atoms with Crippen molar-refractivity contribution in [2.24, 2.45) is 5.73 Å². The fraction of sp³-hybridized carbons (Fsp3) is 0.500. The van der Waals surface area contributed by atoms with Gasteiger partial charge in [-0.05, 0) is 13.8 Å². The zero-order chi connectivity index (χ0) is 9.68. The third kappa shape index (κ3) is 2.60. The van der Waals surface area contributed by atoms with E-state index in [1.54, 1.807) is 6.33 Å². The molecule has 1 atom stereocenters. The van der Waals surface area contributed by atoms with Gasteiger partial charge < -0.3 is 10.3 Å². The topological polar surface area (TPSA) is 43.8 Å². The molecule has 70 valence electrons. The van der Waals surface area contributed by atoms with Gasteiger partial charge in [-0.3, -0.25) is 0 Å². The average molecular weight is 177 g/mol. The molecule has 0 aliphatic carbocycles. The van der Waals surface area contributed by atoms with Crippen molar-refractivity contribution in [1.29, 1.82) is 0 Å². The van der Waals surface area contributed by atoms with E-state index in [1.807, 2.05) is 20.0 Å². The van der Waals surface area contributed by atoms with Crippen LogP contribution >= 0.6 is 0 Å². The molecule has 3 heteroatoms. The first-order valence-corrected chi connectivity index (χ1v) is 4.41. The van der Waals surface area contributed by atoms with E-state index in [2.05, 4.69) is 21.4 Å². The zero-order valence-electron chi connectivity index (χ0n) is 8.12. The third-order valence-electron chi connectivity index (χ3n) is 1.87. The Kier molecular flexibility index (Phi) is 3.53. The minimum atomic E-state index is 0.0390. The Morgan fingerprint density at radius 2 is 2.46 bits per heavy atom. The van der Waals surface area contributed by atoms with Gasteiger partial charge in [0.15, 0.2) is 0 Å². The Morgan fingerprint density at radius 3 is 3.08 bits per heavy atom. The quantitative estimate of drug-likeness (QED) is 0.707. The van der Waals surface area contributed by atoms with Gasteiger partial charge in [-0.25, -0.2) is 4.98 Å². The predicted molar refractivity (Wildman–Crippen MR) is 52.9 cm³/mol. The van der Waals surface area contributed by atoms with Crippen molar-refractivity contribution in [3.8, 4) is 11.8 Å². The number of nitrogens with two attached hydrogens (primary N) is 1. The smallest absolute Gasteiger partial charge is 0.0948 e. The molecule has 1 aromatic heterocycles. The summed E-state index contributed by atoms with van der Waals surface area (Å²) in [4.78, 5) is 4.06. The van der Waals surface area contributed by atoms with Crippen LogP contribution in [-0.4, -0.2) is 9.55 Å². The van der Waals surface area contributed by atoms with Crippen molar-refractivity contribution in [2.75, 3.05) is 0 Å². The first-order chi connectivity index (χ1) is 6.25. The highest BCUT2D eigenvalue weighted by Gasteiger charge is 2.04.